The van der Waals surface area contributed by atoms with E-state index in [0.717, 1.165) is 12.2 Å². The molecular weight excluding hydrogens is 530 g/mol. The van der Waals surface area contributed by atoms with Crippen molar-refractivity contribution in [3.63, 3.8) is 0 Å². The molecule has 0 aromatic rings. The number of carbonyl (C=O) groups is 4. The molecule has 13 nitrogen and oxygen atoms in total. The maximum absolute atomic E-state index is 12.2. The number of aliphatic carboxylic acids is 1. The number of hydrogen-bond acceptors (Lipinski definition) is 11. The molecule has 1 amide bonds. The third kappa shape index (κ3) is 7.88. The number of carboxylic acid groups (broad SMARTS) is 1. The van der Waals surface area contributed by atoms with Crippen LogP contribution < -0.4 is 5.32 Å². The number of carbonyl (C=O) groups excluding carboxylic acids is 3. The standard InChI is InChI=1S/C27H41NO12/c1-9-15(30)36-11-14-19(32)22(18(28-13(5)29)24(37-14)27(6,7)8)40-26-23(38-16(31)10-2)20(33)17(12(3)4)21(39-26)25(34)35/h9-10,12,14,17-24,26,32-33H,1-2,11H2,3-8H3,(H,28,29)(H,34,35). The molecule has 40 heavy (non-hydrogen) atoms. The number of esters is 2. The van der Waals surface area contributed by atoms with Gasteiger partial charge < -0.3 is 44.3 Å². The van der Waals surface area contributed by atoms with Gasteiger partial charge in [-0.25, -0.2) is 14.4 Å². The molecule has 10 unspecified atom stereocenters. The molecule has 4 N–H and O–H groups in total. The monoisotopic (exact) mass is 571 g/mol. The zero-order valence-corrected chi connectivity index (χ0v) is 23.6. The van der Waals surface area contributed by atoms with Crippen LogP contribution in [0.2, 0.25) is 0 Å². The van der Waals surface area contributed by atoms with Crippen molar-refractivity contribution in [2.45, 2.75) is 96.6 Å². The quantitative estimate of drug-likeness (QED) is 0.208. The lowest BCUT2D eigenvalue weighted by molar-refractivity contribution is -0.327. The average Bonchev–Trinajstić information content (AvgIpc) is 2.85. The number of aliphatic hydroxyl groups excluding tert-OH is 2. The van der Waals surface area contributed by atoms with Crippen LogP contribution in [-0.2, 0) is 42.9 Å². The molecule has 2 aliphatic heterocycles. The Morgan fingerprint density at radius 2 is 1.60 bits per heavy atom. The summed E-state index contributed by atoms with van der Waals surface area (Å²) in [4.78, 5) is 48.2. The fraction of sp³-hybridized carbons (Fsp3) is 0.704. The van der Waals surface area contributed by atoms with Crippen LogP contribution in [0.25, 0.3) is 0 Å². The summed E-state index contributed by atoms with van der Waals surface area (Å²) >= 11 is 0. The Balaban J connectivity index is 2.57. The maximum Gasteiger partial charge on any atom is 0.333 e. The van der Waals surface area contributed by atoms with Gasteiger partial charge in [-0.05, 0) is 11.3 Å². The van der Waals surface area contributed by atoms with Crippen molar-refractivity contribution < 1.29 is 58.2 Å². The summed E-state index contributed by atoms with van der Waals surface area (Å²) in [5, 5.41) is 35.1. The van der Waals surface area contributed by atoms with Crippen LogP contribution in [-0.4, -0.2) is 101 Å². The lowest BCUT2D eigenvalue weighted by Crippen LogP contribution is -2.69. The van der Waals surface area contributed by atoms with Crippen molar-refractivity contribution >= 4 is 23.8 Å². The summed E-state index contributed by atoms with van der Waals surface area (Å²) in [5.74, 6) is -4.94. The summed E-state index contributed by atoms with van der Waals surface area (Å²) in [6, 6.07) is -1.03. The first-order valence-electron chi connectivity index (χ1n) is 13.0. The van der Waals surface area contributed by atoms with Crippen molar-refractivity contribution in [2.24, 2.45) is 17.3 Å². The van der Waals surface area contributed by atoms with Crippen LogP contribution in [0.5, 0.6) is 0 Å². The summed E-state index contributed by atoms with van der Waals surface area (Å²) in [5.41, 5.74) is -0.663. The van der Waals surface area contributed by atoms with Crippen molar-refractivity contribution in [1.29, 1.82) is 0 Å². The minimum atomic E-state index is -1.69. The first-order valence-corrected chi connectivity index (χ1v) is 13.0. The molecule has 2 fully saturated rings. The zero-order valence-electron chi connectivity index (χ0n) is 23.6. The lowest BCUT2D eigenvalue weighted by Gasteiger charge is -2.51. The smallest absolute Gasteiger partial charge is 0.333 e. The molecule has 10 atom stereocenters. The van der Waals surface area contributed by atoms with Gasteiger partial charge in [0.25, 0.3) is 0 Å². The molecular formula is C27H41NO12. The summed E-state index contributed by atoms with van der Waals surface area (Å²) in [7, 11) is 0. The van der Waals surface area contributed by atoms with Crippen LogP contribution in [0.4, 0.5) is 0 Å². The van der Waals surface area contributed by atoms with Crippen LogP contribution in [0.1, 0.15) is 41.5 Å². The van der Waals surface area contributed by atoms with Crippen LogP contribution in [0, 0.1) is 17.3 Å². The van der Waals surface area contributed by atoms with Gasteiger partial charge in [0.15, 0.2) is 18.5 Å². The predicted octanol–water partition coefficient (Wildman–Crippen LogP) is 0.320. The summed E-state index contributed by atoms with van der Waals surface area (Å²) in [6.07, 6.45) is -9.40. The molecule has 2 aliphatic rings. The van der Waals surface area contributed by atoms with E-state index in [4.69, 9.17) is 23.7 Å². The van der Waals surface area contributed by atoms with Crippen molar-refractivity contribution in [1.82, 2.24) is 5.32 Å². The van der Waals surface area contributed by atoms with E-state index in [1.165, 1.54) is 6.92 Å². The van der Waals surface area contributed by atoms with Gasteiger partial charge >= 0.3 is 17.9 Å². The van der Waals surface area contributed by atoms with Gasteiger partial charge in [0.05, 0.1) is 12.1 Å². The van der Waals surface area contributed by atoms with Gasteiger partial charge in [0, 0.05) is 25.0 Å². The number of carboxylic acids is 1. The lowest BCUT2D eigenvalue weighted by atomic mass is 9.78. The van der Waals surface area contributed by atoms with Gasteiger partial charge in [-0.1, -0.05) is 47.8 Å². The molecule has 226 valence electrons. The maximum atomic E-state index is 12.2. The molecule has 2 saturated heterocycles. The highest BCUT2D eigenvalue weighted by molar-refractivity contribution is 5.81. The highest BCUT2D eigenvalue weighted by Crippen LogP contribution is 2.38. The van der Waals surface area contributed by atoms with E-state index in [1.807, 2.05) is 20.8 Å². The van der Waals surface area contributed by atoms with Crippen LogP contribution >= 0.6 is 0 Å². The molecule has 0 aliphatic carbocycles. The third-order valence-corrected chi connectivity index (χ3v) is 6.85. The number of aliphatic hydroxyl groups is 2. The Hall–Kier alpha value is -2.84. The van der Waals surface area contributed by atoms with E-state index >= 15 is 0 Å². The normalized spacial score (nSPS) is 34.4. The van der Waals surface area contributed by atoms with Crippen LogP contribution in [0.15, 0.2) is 25.3 Å². The van der Waals surface area contributed by atoms with Gasteiger partial charge in [-0.15, -0.1) is 0 Å². The molecule has 0 aromatic carbocycles. The largest absolute Gasteiger partial charge is 0.479 e. The minimum Gasteiger partial charge on any atom is -0.479 e. The van der Waals surface area contributed by atoms with E-state index < -0.39 is 103 Å². The van der Waals surface area contributed by atoms with Gasteiger partial charge in [-0.2, -0.15) is 0 Å². The molecule has 0 saturated carbocycles. The average molecular weight is 572 g/mol. The Morgan fingerprint density at radius 3 is 2.08 bits per heavy atom. The Morgan fingerprint density at radius 1 is 1.00 bits per heavy atom. The molecule has 2 heterocycles. The number of rotatable bonds is 10. The number of amides is 1. The molecule has 0 bridgehead atoms. The van der Waals surface area contributed by atoms with Crippen molar-refractivity contribution in [3.8, 4) is 0 Å². The second-order valence-electron chi connectivity index (χ2n) is 11.3. The van der Waals surface area contributed by atoms with Crippen molar-refractivity contribution in [3.05, 3.63) is 25.3 Å². The molecule has 13 heteroatoms. The SMILES string of the molecule is C=CC(=O)OCC1OC(C(C)(C)C)C(NC(C)=O)C(OC2OC(C(=O)O)C(C(C)C)C(O)C2OC(=O)C=C)C1O. The second kappa shape index (κ2) is 13.7. The topological polar surface area (TPSA) is 187 Å². The Bertz CT molecular complexity index is 960. The predicted molar refractivity (Wildman–Crippen MR) is 138 cm³/mol. The van der Waals surface area contributed by atoms with E-state index in [1.54, 1.807) is 13.8 Å². The summed E-state index contributed by atoms with van der Waals surface area (Å²) in [6.45, 7) is 16.3. The van der Waals surface area contributed by atoms with Gasteiger partial charge in [-0.3, -0.25) is 4.79 Å². The molecule has 0 spiro atoms. The highest BCUT2D eigenvalue weighted by Gasteiger charge is 2.56. The molecule has 0 aromatic heterocycles. The number of hydrogen-bond donors (Lipinski definition) is 4. The van der Waals surface area contributed by atoms with E-state index in [9.17, 15) is 34.5 Å². The Labute approximate surface area is 233 Å². The molecule has 2 rings (SSSR count). The van der Waals surface area contributed by atoms with E-state index in [-0.39, 0.29) is 0 Å². The third-order valence-electron chi connectivity index (χ3n) is 6.85. The van der Waals surface area contributed by atoms with Gasteiger partial charge in [0.2, 0.25) is 5.91 Å². The van der Waals surface area contributed by atoms with E-state index in [2.05, 4.69) is 18.5 Å². The van der Waals surface area contributed by atoms with Crippen LogP contribution in [0.3, 0.4) is 0 Å². The highest BCUT2D eigenvalue weighted by atomic mass is 16.7. The number of nitrogens with one attached hydrogen (secondary N) is 1. The van der Waals surface area contributed by atoms with Crippen molar-refractivity contribution in [2.75, 3.05) is 6.61 Å². The summed E-state index contributed by atoms with van der Waals surface area (Å²) < 4.78 is 28.4. The first kappa shape index (κ1) is 33.4. The number of ether oxygens (including phenoxy) is 5. The van der Waals surface area contributed by atoms with E-state index in [0.29, 0.717) is 0 Å². The zero-order chi connectivity index (χ0) is 30.5. The second-order valence-corrected chi connectivity index (χ2v) is 11.3. The Kier molecular flexibility index (Phi) is 11.4. The fourth-order valence-corrected chi connectivity index (χ4v) is 5.02. The van der Waals surface area contributed by atoms with Gasteiger partial charge in [0.1, 0.15) is 31.0 Å². The fourth-order valence-electron chi connectivity index (χ4n) is 5.02. The minimum absolute atomic E-state index is 0.401. The molecule has 0 radical (unpaired) electrons. The first-order chi connectivity index (χ1) is 18.5.